The molecule has 4 heteroatoms. The Morgan fingerprint density at radius 3 is 2.50 bits per heavy atom. The van der Waals surface area contributed by atoms with Crippen molar-refractivity contribution >= 4 is 5.91 Å². The van der Waals surface area contributed by atoms with Crippen LogP contribution in [-0.2, 0) is 4.79 Å². The largest absolute Gasteiger partial charge is 0.341 e. The SMILES string of the molecule is CC(=O)N1CCC(N(C)CCCN(C)C)C1. The molecule has 94 valence electrons. The first-order valence-electron chi connectivity index (χ1n) is 6.11. The normalized spacial score (nSPS) is 21.1. The van der Waals surface area contributed by atoms with E-state index in [0.717, 1.165) is 32.6 Å². The minimum absolute atomic E-state index is 0.212. The highest BCUT2D eigenvalue weighted by Gasteiger charge is 2.26. The summed E-state index contributed by atoms with van der Waals surface area (Å²) in [5.41, 5.74) is 0. The van der Waals surface area contributed by atoms with Gasteiger partial charge in [-0.3, -0.25) is 4.79 Å². The van der Waals surface area contributed by atoms with E-state index in [1.54, 1.807) is 6.92 Å². The van der Waals surface area contributed by atoms with Crippen LogP contribution >= 0.6 is 0 Å². The van der Waals surface area contributed by atoms with E-state index in [-0.39, 0.29) is 5.91 Å². The van der Waals surface area contributed by atoms with Crippen molar-refractivity contribution in [2.24, 2.45) is 0 Å². The average molecular weight is 227 g/mol. The number of carbonyl (C=O) groups is 1. The highest BCUT2D eigenvalue weighted by Crippen LogP contribution is 2.14. The van der Waals surface area contributed by atoms with Crippen molar-refractivity contribution in [1.29, 1.82) is 0 Å². The molecule has 0 spiro atoms. The van der Waals surface area contributed by atoms with Crippen molar-refractivity contribution in [3.8, 4) is 0 Å². The lowest BCUT2D eigenvalue weighted by atomic mass is 10.2. The van der Waals surface area contributed by atoms with E-state index in [4.69, 9.17) is 0 Å². The number of rotatable bonds is 5. The molecule has 1 amide bonds. The molecule has 0 bridgehead atoms. The number of amides is 1. The molecule has 1 heterocycles. The topological polar surface area (TPSA) is 26.8 Å². The van der Waals surface area contributed by atoms with Gasteiger partial charge < -0.3 is 14.7 Å². The molecule has 0 N–H and O–H groups in total. The van der Waals surface area contributed by atoms with Crippen LogP contribution in [0, 0.1) is 0 Å². The van der Waals surface area contributed by atoms with Gasteiger partial charge in [0.25, 0.3) is 0 Å². The molecule has 0 aromatic rings. The second-order valence-corrected chi connectivity index (χ2v) is 5.04. The quantitative estimate of drug-likeness (QED) is 0.684. The summed E-state index contributed by atoms with van der Waals surface area (Å²) in [6.07, 6.45) is 2.32. The van der Waals surface area contributed by atoms with E-state index in [1.807, 2.05) is 4.90 Å². The Labute approximate surface area is 99.2 Å². The molecule has 0 saturated carbocycles. The Kier molecular flexibility index (Phi) is 5.22. The van der Waals surface area contributed by atoms with Gasteiger partial charge in [-0.2, -0.15) is 0 Å². The van der Waals surface area contributed by atoms with Crippen molar-refractivity contribution < 1.29 is 4.79 Å². The lowest BCUT2D eigenvalue weighted by Gasteiger charge is -2.25. The predicted octanol–water partition coefficient (Wildman–Crippen LogP) is 0.491. The highest BCUT2D eigenvalue weighted by molar-refractivity contribution is 5.73. The molecule has 0 aromatic carbocycles. The maximum atomic E-state index is 11.2. The first-order valence-corrected chi connectivity index (χ1v) is 6.11. The zero-order chi connectivity index (χ0) is 12.1. The van der Waals surface area contributed by atoms with Crippen molar-refractivity contribution in [3.63, 3.8) is 0 Å². The van der Waals surface area contributed by atoms with Crippen LogP contribution < -0.4 is 0 Å². The van der Waals surface area contributed by atoms with Crippen LogP contribution in [0.25, 0.3) is 0 Å². The summed E-state index contributed by atoms with van der Waals surface area (Å²) < 4.78 is 0. The van der Waals surface area contributed by atoms with Crippen molar-refractivity contribution in [1.82, 2.24) is 14.7 Å². The third-order valence-electron chi connectivity index (χ3n) is 3.35. The van der Waals surface area contributed by atoms with Gasteiger partial charge in [0.15, 0.2) is 0 Å². The summed E-state index contributed by atoms with van der Waals surface area (Å²) in [6, 6.07) is 0.561. The lowest BCUT2D eigenvalue weighted by molar-refractivity contribution is -0.127. The van der Waals surface area contributed by atoms with Gasteiger partial charge in [0, 0.05) is 26.1 Å². The molecule has 0 aliphatic carbocycles. The Bertz CT molecular complexity index is 230. The van der Waals surface area contributed by atoms with Crippen LogP contribution in [0.5, 0.6) is 0 Å². The number of hydrogen-bond donors (Lipinski definition) is 0. The van der Waals surface area contributed by atoms with Crippen LogP contribution in [0.4, 0.5) is 0 Å². The van der Waals surface area contributed by atoms with Crippen molar-refractivity contribution in [2.75, 3.05) is 47.3 Å². The third kappa shape index (κ3) is 4.10. The van der Waals surface area contributed by atoms with E-state index in [2.05, 4.69) is 30.9 Å². The maximum absolute atomic E-state index is 11.2. The number of hydrogen-bond acceptors (Lipinski definition) is 3. The second-order valence-electron chi connectivity index (χ2n) is 5.04. The standard InChI is InChI=1S/C12H25N3O/c1-11(16)15-9-6-12(10-15)14(4)8-5-7-13(2)3/h12H,5-10H2,1-4H3. The summed E-state index contributed by atoms with van der Waals surface area (Å²) in [5, 5.41) is 0. The van der Waals surface area contributed by atoms with Gasteiger partial charge in [-0.25, -0.2) is 0 Å². The van der Waals surface area contributed by atoms with E-state index < -0.39 is 0 Å². The van der Waals surface area contributed by atoms with Gasteiger partial charge in [-0.15, -0.1) is 0 Å². The van der Waals surface area contributed by atoms with Crippen molar-refractivity contribution in [3.05, 3.63) is 0 Å². The van der Waals surface area contributed by atoms with E-state index >= 15 is 0 Å². The Morgan fingerprint density at radius 1 is 1.31 bits per heavy atom. The van der Waals surface area contributed by atoms with Gasteiger partial charge >= 0.3 is 0 Å². The molecule has 1 saturated heterocycles. The fourth-order valence-corrected chi connectivity index (χ4v) is 2.21. The number of carbonyl (C=O) groups excluding carboxylic acids is 1. The number of likely N-dealkylation sites (tertiary alicyclic amines) is 1. The molecule has 4 nitrogen and oxygen atoms in total. The summed E-state index contributed by atoms with van der Waals surface area (Å²) in [5.74, 6) is 0.212. The highest BCUT2D eigenvalue weighted by atomic mass is 16.2. The maximum Gasteiger partial charge on any atom is 0.219 e. The van der Waals surface area contributed by atoms with E-state index in [0.29, 0.717) is 6.04 Å². The zero-order valence-corrected chi connectivity index (χ0v) is 11.1. The molecule has 1 aliphatic rings. The molecule has 0 radical (unpaired) electrons. The third-order valence-corrected chi connectivity index (χ3v) is 3.35. The first kappa shape index (κ1) is 13.5. The van der Waals surface area contributed by atoms with Crippen LogP contribution in [0.3, 0.4) is 0 Å². The smallest absolute Gasteiger partial charge is 0.219 e. The van der Waals surface area contributed by atoms with Crippen LogP contribution in [0.1, 0.15) is 19.8 Å². The predicted molar refractivity (Wildman–Crippen MR) is 66.5 cm³/mol. The van der Waals surface area contributed by atoms with Crippen LogP contribution in [-0.4, -0.2) is 74.0 Å². The van der Waals surface area contributed by atoms with E-state index in [1.165, 1.54) is 6.42 Å². The van der Waals surface area contributed by atoms with Gasteiger partial charge in [-0.1, -0.05) is 0 Å². The second kappa shape index (κ2) is 6.21. The Balaban J connectivity index is 2.23. The molecule has 1 atom stereocenters. The van der Waals surface area contributed by atoms with Gasteiger partial charge in [0.2, 0.25) is 5.91 Å². The van der Waals surface area contributed by atoms with Gasteiger partial charge in [-0.05, 0) is 47.1 Å². The molecule has 1 unspecified atom stereocenters. The molecule has 1 fully saturated rings. The van der Waals surface area contributed by atoms with E-state index in [9.17, 15) is 4.79 Å². The molecular formula is C12H25N3O. The molecular weight excluding hydrogens is 202 g/mol. The number of nitrogens with zero attached hydrogens (tertiary/aromatic N) is 3. The van der Waals surface area contributed by atoms with Crippen molar-refractivity contribution in [2.45, 2.75) is 25.8 Å². The zero-order valence-electron chi connectivity index (χ0n) is 11.1. The molecule has 1 rings (SSSR count). The lowest BCUT2D eigenvalue weighted by Crippen LogP contribution is -2.37. The molecule has 0 aromatic heterocycles. The summed E-state index contributed by atoms with van der Waals surface area (Å²) >= 11 is 0. The van der Waals surface area contributed by atoms with Gasteiger partial charge in [0.1, 0.15) is 0 Å². The number of likely N-dealkylation sites (N-methyl/N-ethyl adjacent to an activating group) is 1. The Hall–Kier alpha value is -0.610. The fourth-order valence-electron chi connectivity index (χ4n) is 2.21. The monoisotopic (exact) mass is 227 g/mol. The summed E-state index contributed by atoms with van der Waals surface area (Å²) in [6.45, 7) is 5.75. The first-order chi connectivity index (χ1) is 7.50. The summed E-state index contributed by atoms with van der Waals surface area (Å²) in [4.78, 5) is 17.8. The Morgan fingerprint density at radius 2 is 2.00 bits per heavy atom. The van der Waals surface area contributed by atoms with Crippen LogP contribution in [0.2, 0.25) is 0 Å². The molecule has 16 heavy (non-hydrogen) atoms. The van der Waals surface area contributed by atoms with Gasteiger partial charge in [0.05, 0.1) is 0 Å². The molecule has 1 aliphatic heterocycles. The van der Waals surface area contributed by atoms with Crippen LogP contribution in [0.15, 0.2) is 0 Å². The fraction of sp³-hybridized carbons (Fsp3) is 0.917. The minimum Gasteiger partial charge on any atom is -0.341 e. The average Bonchev–Trinajstić information content (AvgIpc) is 2.65. The summed E-state index contributed by atoms with van der Waals surface area (Å²) in [7, 11) is 6.38. The minimum atomic E-state index is 0.212.